The second kappa shape index (κ2) is 5.66. The van der Waals surface area contributed by atoms with Crippen LogP contribution < -0.4 is 4.74 Å². The lowest BCUT2D eigenvalue weighted by molar-refractivity contribution is 0.215. The van der Waals surface area contributed by atoms with Crippen LogP contribution in [0.15, 0.2) is 24.5 Å². The lowest BCUT2D eigenvalue weighted by Crippen LogP contribution is -2.31. The van der Waals surface area contributed by atoms with Crippen molar-refractivity contribution in [2.75, 3.05) is 27.2 Å². The number of hydrogen-bond donors (Lipinski definition) is 1. The van der Waals surface area contributed by atoms with Crippen LogP contribution in [0.4, 0.5) is 0 Å². The van der Waals surface area contributed by atoms with E-state index < -0.39 is 0 Å². The number of methoxy groups -OCH3 is 1. The number of aromatic amines is 1. The first kappa shape index (κ1) is 14.2. The fourth-order valence-corrected chi connectivity index (χ4v) is 3.10. The van der Waals surface area contributed by atoms with Crippen molar-refractivity contribution in [1.82, 2.24) is 29.6 Å². The van der Waals surface area contributed by atoms with Crippen molar-refractivity contribution in [2.24, 2.45) is 0 Å². The number of nitrogens with zero attached hydrogens (tertiary/aromatic N) is 5. The minimum absolute atomic E-state index is 0.425. The van der Waals surface area contributed by atoms with Crippen LogP contribution in [0.25, 0.3) is 22.6 Å². The predicted molar refractivity (Wildman–Crippen MR) is 87.4 cm³/mol. The van der Waals surface area contributed by atoms with Crippen molar-refractivity contribution in [3.63, 3.8) is 0 Å². The van der Waals surface area contributed by atoms with Gasteiger partial charge in [-0.15, -0.1) is 0 Å². The SMILES string of the molecule is COc1ccc(-c2nc3c(cnn3C3CCN(C)CC3)[nH]2)cn1. The molecule has 3 aromatic rings. The maximum atomic E-state index is 5.10. The molecule has 0 spiro atoms. The number of piperidine rings is 1. The highest BCUT2D eigenvalue weighted by Gasteiger charge is 2.22. The summed E-state index contributed by atoms with van der Waals surface area (Å²) in [4.78, 5) is 14.7. The molecule has 0 bridgehead atoms. The van der Waals surface area contributed by atoms with Crippen LogP contribution in [0, 0.1) is 0 Å². The first-order valence-corrected chi connectivity index (χ1v) is 7.87. The Balaban J connectivity index is 1.65. The highest BCUT2D eigenvalue weighted by atomic mass is 16.5. The molecule has 1 aliphatic rings. The van der Waals surface area contributed by atoms with Gasteiger partial charge in [0.2, 0.25) is 5.88 Å². The zero-order valence-corrected chi connectivity index (χ0v) is 13.4. The minimum atomic E-state index is 0.425. The largest absolute Gasteiger partial charge is 0.481 e. The third-order valence-electron chi connectivity index (χ3n) is 4.49. The molecule has 1 fully saturated rings. The van der Waals surface area contributed by atoms with Gasteiger partial charge in [-0.05, 0) is 39.0 Å². The van der Waals surface area contributed by atoms with E-state index in [1.54, 1.807) is 13.3 Å². The molecule has 3 aromatic heterocycles. The Bertz CT molecular complexity index is 798. The number of likely N-dealkylation sites (tertiary alicyclic amines) is 1. The maximum absolute atomic E-state index is 5.10. The molecule has 0 radical (unpaired) electrons. The number of ether oxygens (including phenoxy) is 1. The summed E-state index contributed by atoms with van der Waals surface area (Å²) in [5.41, 5.74) is 2.83. The summed E-state index contributed by atoms with van der Waals surface area (Å²) >= 11 is 0. The summed E-state index contributed by atoms with van der Waals surface area (Å²) < 4.78 is 7.17. The number of hydrogen-bond acceptors (Lipinski definition) is 5. The first-order valence-electron chi connectivity index (χ1n) is 7.87. The molecule has 0 unspecified atom stereocenters. The lowest BCUT2D eigenvalue weighted by atomic mass is 10.1. The Morgan fingerprint density at radius 1 is 1.22 bits per heavy atom. The van der Waals surface area contributed by atoms with Crippen molar-refractivity contribution in [1.29, 1.82) is 0 Å². The highest BCUT2D eigenvalue weighted by Crippen LogP contribution is 2.27. The molecule has 4 heterocycles. The van der Waals surface area contributed by atoms with Crippen LogP contribution in [-0.2, 0) is 0 Å². The molecule has 1 saturated heterocycles. The summed E-state index contributed by atoms with van der Waals surface area (Å²) in [6.45, 7) is 2.21. The molecule has 0 saturated carbocycles. The van der Waals surface area contributed by atoms with Gasteiger partial charge in [-0.3, -0.25) is 0 Å². The van der Waals surface area contributed by atoms with Crippen molar-refractivity contribution in [3.05, 3.63) is 24.5 Å². The Kier molecular flexibility index (Phi) is 3.49. The van der Waals surface area contributed by atoms with Crippen LogP contribution in [-0.4, -0.2) is 56.9 Å². The van der Waals surface area contributed by atoms with Crippen LogP contribution in [0.5, 0.6) is 5.88 Å². The molecule has 0 aliphatic carbocycles. The van der Waals surface area contributed by atoms with E-state index in [2.05, 4.69) is 31.7 Å². The number of rotatable bonds is 3. The maximum Gasteiger partial charge on any atom is 0.212 e. The van der Waals surface area contributed by atoms with Crippen molar-refractivity contribution >= 4 is 11.2 Å². The average molecular weight is 312 g/mol. The van der Waals surface area contributed by atoms with Gasteiger partial charge in [0.25, 0.3) is 0 Å². The fraction of sp³-hybridized carbons (Fsp3) is 0.438. The normalized spacial score (nSPS) is 17.0. The van der Waals surface area contributed by atoms with Crippen LogP contribution in [0.2, 0.25) is 0 Å². The van der Waals surface area contributed by atoms with E-state index in [0.717, 1.165) is 48.5 Å². The molecular weight excluding hydrogens is 292 g/mol. The number of pyridine rings is 1. The fourth-order valence-electron chi connectivity index (χ4n) is 3.10. The van der Waals surface area contributed by atoms with E-state index in [0.29, 0.717) is 11.9 Å². The van der Waals surface area contributed by atoms with Gasteiger partial charge in [0.05, 0.1) is 19.3 Å². The Morgan fingerprint density at radius 3 is 2.74 bits per heavy atom. The van der Waals surface area contributed by atoms with Gasteiger partial charge >= 0.3 is 0 Å². The standard InChI is InChI=1S/C16H20N6O/c1-21-7-5-12(6-8-21)22-16-13(10-18-22)19-15(20-16)11-3-4-14(23-2)17-9-11/h3-4,9-10,12H,5-8H2,1-2H3,(H,19,20). The van der Waals surface area contributed by atoms with E-state index in [-0.39, 0.29) is 0 Å². The van der Waals surface area contributed by atoms with E-state index in [1.807, 2.05) is 18.3 Å². The first-order chi connectivity index (χ1) is 11.2. The van der Waals surface area contributed by atoms with Gasteiger partial charge in [-0.2, -0.15) is 5.10 Å². The Hall–Kier alpha value is -2.41. The third kappa shape index (κ3) is 2.57. The molecule has 0 aromatic carbocycles. The van der Waals surface area contributed by atoms with Crippen LogP contribution in [0.1, 0.15) is 18.9 Å². The van der Waals surface area contributed by atoms with Crippen LogP contribution in [0.3, 0.4) is 0 Å². The van der Waals surface area contributed by atoms with Crippen molar-refractivity contribution in [3.8, 4) is 17.3 Å². The van der Waals surface area contributed by atoms with Gasteiger partial charge in [0.1, 0.15) is 11.3 Å². The molecule has 0 amide bonds. The summed E-state index contributed by atoms with van der Waals surface area (Å²) in [6.07, 6.45) is 5.85. The predicted octanol–water partition coefficient (Wildman–Crippen LogP) is 2.10. The zero-order chi connectivity index (χ0) is 15.8. The number of nitrogens with one attached hydrogen (secondary N) is 1. The number of aromatic nitrogens is 5. The van der Waals surface area contributed by atoms with Gasteiger partial charge in [-0.1, -0.05) is 0 Å². The van der Waals surface area contributed by atoms with Gasteiger partial charge < -0.3 is 14.6 Å². The van der Waals surface area contributed by atoms with Gasteiger partial charge in [-0.25, -0.2) is 14.6 Å². The zero-order valence-electron chi connectivity index (χ0n) is 13.4. The second-order valence-corrected chi connectivity index (χ2v) is 6.04. The van der Waals surface area contributed by atoms with Crippen molar-refractivity contribution < 1.29 is 4.74 Å². The molecule has 1 N–H and O–H groups in total. The van der Waals surface area contributed by atoms with Gasteiger partial charge in [0.15, 0.2) is 5.65 Å². The summed E-state index contributed by atoms with van der Waals surface area (Å²) in [5, 5.41) is 4.53. The molecule has 4 rings (SSSR count). The smallest absolute Gasteiger partial charge is 0.212 e. The van der Waals surface area contributed by atoms with Crippen LogP contribution >= 0.6 is 0 Å². The van der Waals surface area contributed by atoms with Gasteiger partial charge in [0, 0.05) is 17.8 Å². The van der Waals surface area contributed by atoms with E-state index in [9.17, 15) is 0 Å². The molecule has 1 aliphatic heterocycles. The number of imidazole rings is 1. The van der Waals surface area contributed by atoms with Crippen molar-refractivity contribution in [2.45, 2.75) is 18.9 Å². The topological polar surface area (TPSA) is 71.9 Å². The van der Waals surface area contributed by atoms with E-state index in [4.69, 9.17) is 9.72 Å². The number of H-pyrrole nitrogens is 1. The Morgan fingerprint density at radius 2 is 2.04 bits per heavy atom. The Labute approximate surface area is 134 Å². The number of fused-ring (bicyclic) bond motifs is 1. The minimum Gasteiger partial charge on any atom is -0.481 e. The molecule has 23 heavy (non-hydrogen) atoms. The molecule has 120 valence electrons. The highest BCUT2D eigenvalue weighted by molar-refractivity contribution is 5.75. The summed E-state index contributed by atoms with van der Waals surface area (Å²) in [5.74, 6) is 1.41. The molecule has 7 heteroatoms. The lowest BCUT2D eigenvalue weighted by Gasteiger charge is -2.28. The summed E-state index contributed by atoms with van der Waals surface area (Å²) in [6, 6.07) is 4.22. The van der Waals surface area contributed by atoms with E-state index in [1.165, 1.54) is 0 Å². The quantitative estimate of drug-likeness (QED) is 0.802. The molecule has 0 atom stereocenters. The monoisotopic (exact) mass is 312 g/mol. The molecule has 7 nitrogen and oxygen atoms in total. The third-order valence-corrected chi connectivity index (χ3v) is 4.49. The average Bonchev–Trinajstić information content (AvgIpc) is 3.16. The molecular formula is C16H20N6O. The van der Waals surface area contributed by atoms with E-state index >= 15 is 0 Å². The second-order valence-electron chi connectivity index (χ2n) is 6.04. The summed E-state index contributed by atoms with van der Waals surface area (Å²) in [7, 11) is 3.78.